The Morgan fingerprint density at radius 2 is 2.21 bits per heavy atom. The molecule has 2 rings (SSSR count). The van der Waals surface area contributed by atoms with Crippen LogP contribution >= 0.6 is 11.6 Å². The Morgan fingerprint density at radius 3 is 2.79 bits per heavy atom. The summed E-state index contributed by atoms with van der Waals surface area (Å²) in [6.45, 7) is 2.67. The molecule has 0 radical (unpaired) electrons. The standard InChI is InChI=1S/C14H20ClNO3/c1-10-6-12(2-3-13(10)15)19-8-11(18)7-16-14(9-17)4-5-14/h2-3,6,11,16-18H,4-5,7-9H2,1H3. The summed E-state index contributed by atoms with van der Waals surface area (Å²) in [5.74, 6) is 0.698. The molecule has 0 heterocycles. The number of β-amino-alcohol motifs (C(OH)–C–C–N with tert-alkyl or cyclic N) is 1. The van der Waals surface area contributed by atoms with Crippen molar-refractivity contribution in [3.05, 3.63) is 28.8 Å². The lowest BCUT2D eigenvalue weighted by molar-refractivity contribution is 0.0978. The van der Waals surface area contributed by atoms with Crippen molar-refractivity contribution in [2.75, 3.05) is 19.8 Å². The van der Waals surface area contributed by atoms with Crippen LogP contribution in [-0.4, -0.2) is 41.6 Å². The largest absolute Gasteiger partial charge is 0.491 e. The van der Waals surface area contributed by atoms with E-state index < -0.39 is 6.10 Å². The third-order valence-corrected chi connectivity index (χ3v) is 3.86. The summed E-state index contributed by atoms with van der Waals surface area (Å²) in [6.07, 6.45) is 1.33. The first-order valence-corrected chi connectivity index (χ1v) is 6.85. The molecular weight excluding hydrogens is 266 g/mol. The van der Waals surface area contributed by atoms with Crippen molar-refractivity contribution >= 4 is 11.6 Å². The summed E-state index contributed by atoms with van der Waals surface area (Å²) < 4.78 is 5.51. The van der Waals surface area contributed by atoms with Gasteiger partial charge in [0.15, 0.2) is 0 Å². The minimum atomic E-state index is -0.597. The number of ether oxygens (including phenoxy) is 1. The summed E-state index contributed by atoms with van der Waals surface area (Å²) in [4.78, 5) is 0. The molecule has 1 aliphatic rings. The highest BCUT2D eigenvalue weighted by Crippen LogP contribution is 2.34. The van der Waals surface area contributed by atoms with Crippen LogP contribution in [0.15, 0.2) is 18.2 Å². The van der Waals surface area contributed by atoms with Crippen LogP contribution in [0.1, 0.15) is 18.4 Å². The van der Waals surface area contributed by atoms with E-state index in [1.54, 1.807) is 12.1 Å². The molecular formula is C14H20ClNO3. The van der Waals surface area contributed by atoms with Gasteiger partial charge in [-0.25, -0.2) is 0 Å². The summed E-state index contributed by atoms with van der Waals surface area (Å²) in [5, 5.41) is 22.8. The van der Waals surface area contributed by atoms with Crippen molar-refractivity contribution in [3.8, 4) is 5.75 Å². The van der Waals surface area contributed by atoms with Gasteiger partial charge in [-0.1, -0.05) is 11.6 Å². The van der Waals surface area contributed by atoms with E-state index in [1.807, 2.05) is 13.0 Å². The normalized spacial score (nSPS) is 18.1. The van der Waals surface area contributed by atoms with Gasteiger partial charge in [0.2, 0.25) is 0 Å². The molecule has 0 aromatic heterocycles. The van der Waals surface area contributed by atoms with Crippen LogP contribution < -0.4 is 10.1 Å². The Hall–Kier alpha value is -0.810. The Morgan fingerprint density at radius 1 is 1.47 bits per heavy atom. The minimum Gasteiger partial charge on any atom is -0.491 e. The monoisotopic (exact) mass is 285 g/mol. The topological polar surface area (TPSA) is 61.7 Å². The van der Waals surface area contributed by atoms with E-state index in [9.17, 15) is 5.11 Å². The lowest BCUT2D eigenvalue weighted by Gasteiger charge is -2.18. The van der Waals surface area contributed by atoms with Crippen LogP contribution in [0.25, 0.3) is 0 Å². The third-order valence-electron chi connectivity index (χ3n) is 3.44. The van der Waals surface area contributed by atoms with Crippen LogP contribution in [0.2, 0.25) is 5.02 Å². The Bertz CT molecular complexity index is 435. The molecule has 3 N–H and O–H groups in total. The molecule has 1 unspecified atom stereocenters. The van der Waals surface area contributed by atoms with Gasteiger partial charge in [-0.15, -0.1) is 0 Å². The number of hydrogen-bond donors (Lipinski definition) is 3. The minimum absolute atomic E-state index is 0.122. The van der Waals surface area contributed by atoms with Crippen LogP contribution in [0.5, 0.6) is 5.75 Å². The predicted molar refractivity (Wildman–Crippen MR) is 74.7 cm³/mol. The molecule has 0 bridgehead atoms. The number of halogens is 1. The van der Waals surface area contributed by atoms with E-state index in [4.69, 9.17) is 21.4 Å². The first kappa shape index (κ1) is 14.6. The second-order valence-corrected chi connectivity index (χ2v) is 5.60. The fraction of sp³-hybridized carbons (Fsp3) is 0.571. The van der Waals surface area contributed by atoms with Gasteiger partial charge in [0, 0.05) is 17.1 Å². The maximum atomic E-state index is 9.83. The van der Waals surface area contributed by atoms with Gasteiger partial charge in [0.1, 0.15) is 18.5 Å². The molecule has 0 spiro atoms. The van der Waals surface area contributed by atoms with Gasteiger partial charge >= 0.3 is 0 Å². The predicted octanol–water partition coefficient (Wildman–Crippen LogP) is 1.50. The molecule has 1 aromatic rings. The molecule has 1 fully saturated rings. The number of nitrogens with one attached hydrogen (secondary N) is 1. The summed E-state index contributed by atoms with van der Waals surface area (Å²) in [5.41, 5.74) is 0.793. The van der Waals surface area contributed by atoms with E-state index in [2.05, 4.69) is 5.32 Å². The fourth-order valence-corrected chi connectivity index (χ4v) is 1.95. The quantitative estimate of drug-likeness (QED) is 0.711. The summed E-state index contributed by atoms with van der Waals surface area (Å²) in [7, 11) is 0. The average molecular weight is 286 g/mol. The number of rotatable bonds is 7. The number of aliphatic hydroxyl groups is 2. The smallest absolute Gasteiger partial charge is 0.119 e. The molecule has 1 saturated carbocycles. The number of aryl methyl sites for hydroxylation is 1. The second-order valence-electron chi connectivity index (χ2n) is 5.20. The van der Waals surface area contributed by atoms with Crippen molar-refractivity contribution in [2.45, 2.75) is 31.4 Å². The van der Waals surface area contributed by atoms with Gasteiger partial charge in [0.05, 0.1) is 6.61 Å². The highest BCUT2D eigenvalue weighted by atomic mass is 35.5. The lowest BCUT2D eigenvalue weighted by atomic mass is 10.2. The van der Waals surface area contributed by atoms with Crippen LogP contribution in [0, 0.1) is 6.92 Å². The average Bonchev–Trinajstić information content (AvgIpc) is 3.18. The molecule has 4 nitrogen and oxygen atoms in total. The molecule has 1 aliphatic carbocycles. The van der Waals surface area contributed by atoms with Crippen molar-refractivity contribution < 1.29 is 14.9 Å². The van der Waals surface area contributed by atoms with E-state index in [1.165, 1.54) is 0 Å². The Balaban J connectivity index is 1.73. The van der Waals surface area contributed by atoms with Crippen molar-refractivity contribution in [3.63, 3.8) is 0 Å². The Labute approximate surface area is 118 Å². The fourth-order valence-electron chi connectivity index (χ4n) is 1.83. The molecule has 0 amide bonds. The second kappa shape index (κ2) is 6.09. The SMILES string of the molecule is Cc1cc(OCC(O)CNC2(CO)CC2)ccc1Cl. The highest BCUT2D eigenvalue weighted by molar-refractivity contribution is 6.31. The maximum Gasteiger partial charge on any atom is 0.119 e. The first-order valence-electron chi connectivity index (χ1n) is 6.47. The van der Waals surface area contributed by atoms with E-state index in [-0.39, 0.29) is 18.8 Å². The van der Waals surface area contributed by atoms with Crippen molar-refractivity contribution in [1.82, 2.24) is 5.32 Å². The van der Waals surface area contributed by atoms with Crippen LogP contribution in [0.4, 0.5) is 0 Å². The molecule has 0 saturated heterocycles. The van der Waals surface area contributed by atoms with Crippen LogP contribution in [-0.2, 0) is 0 Å². The molecule has 19 heavy (non-hydrogen) atoms. The van der Waals surface area contributed by atoms with Gasteiger partial charge < -0.3 is 20.3 Å². The molecule has 106 valence electrons. The number of hydrogen-bond acceptors (Lipinski definition) is 4. The summed E-state index contributed by atoms with van der Waals surface area (Å²) in [6, 6.07) is 5.41. The first-order chi connectivity index (χ1) is 9.04. The zero-order valence-corrected chi connectivity index (χ0v) is 11.8. The number of benzene rings is 1. The van der Waals surface area contributed by atoms with Crippen molar-refractivity contribution in [1.29, 1.82) is 0 Å². The van der Waals surface area contributed by atoms with E-state index in [0.29, 0.717) is 17.3 Å². The van der Waals surface area contributed by atoms with Crippen LogP contribution in [0.3, 0.4) is 0 Å². The van der Waals surface area contributed by atoms with Gasteiger partial charge in [-0.3, -0.25) is 0 Å². The third kappa shape index (κ3) is 4.08. The van der Waals surface area contributed by atoms with Gasteiger partial charge in [-0.05, 0) is 43.5 Å². The van der Waals surface area contributed by atoms with Crippen molar-refractivity contribution in [2.24, 2.45) is 0 Å². The molecule has 1 atom stereocenters. The number of aliphatic hydroxyl groups excluding tert-OH is 2. The van der Waals surface area contributed by atoms with Gasteiger partial charge in [0.25, 0.3) is 0 Å². The maximum absolute atomic E-state index is 9.83. The zero-order chi connectivity index (χ0) is 13.9. The molecule has 1 aromatic carbocycles. The highest BCUT2D eigenvalue weighted by Gasteiger charge is 2.41. The van der Waals surface area contributed by atoms with Gasteiger partial charge in [-0.2, -0.15) is 0 Å². The lowest BCUT2D eigenvalue weighted by Crippen LogP contribution is -2.41. The molecule has 5 heteroatoms. The van der Waals surface area contributed by atoms with E-state index >= 15 is 0 Å². The van der Waals surface area contributed by atoms with E-state index in [0.717, 1.165) is 18.4 Å². The Kier molecular flexibility index (Phi) is 4.68. The molecule has 0 aliphatic heterocycles. The summed E-state index contributed by atoms with van der Waals surface area (Å²) >= 11 is 5.93. The zero-order valence-electron chi connectivity index (χ0n) is 11.0.